The number of alkyl halides is 1. The van der Waals surface area contributed by atoms with Crippen LogP contribution in [0.15, 0.2) is 60.9 Å². The van der Waals surface area contributed by atoms with E-state index >= 15 is 0 Å². The first-order chi connectivity index (χ1) is 18.0. The van der Waals surface area contributed by atoms with Crippen molar-refractivity contribution >= 4 is 28.4 Å². The minimum Gasteiger partial charge on any atom is -0.508 e. The molecule has 37 heavy (non-hydrogen) atoms. The second-order valence-corrected chi connectivity index (χ2v) is 10.4. The zero-order valence-corrected chi connectivity index (χ0v) is 21.0. The summed E-state index contributed by atoms with van der Waals surface area (Å²) in [6.45, 7) is 2.01. The van der Waals surface area contributed by atoms with Crippen molar-refractivity contribution in [2.45, 2.75) is 25.8 Å². The first-order valence-electron chi connectivity index (χ1n) is 12.5. The topological polar surface area (TPSA) is 64.6 Å². The third-order valence-corrected chi connectivity index (χ3v) is 7.70. The summed E-state index contributed by atoms with van der Waals surface area (Å²) in [6, 6.07) is 17.4. The van der Waals surface area contributed by atoms with Crippen molar-refractivity contribution in [1.29, 1.82) is 5.26 Å². The number of likely N-dealkylation sites (tertiary alicyclic amines) is 1. The Bertz CT molecular complexity index is 1580. The second kappa shape index (κ2) is 9.66. The molecule has 0 saturated carbocycles. The number of aromatic hydroxyl groups is 1. The van der Waals surface area contributed by atoms with Crippen LogP contribution in [0.3, 0.4) is 0 Å². The molecule has 1 aliphatic heterocycles. The predicted molar refractivity (Wildman–Crippen MR) is 143 cm³/mol. The second-order valence-electron chi connectivity index (χ2n) is 9.98. The van der Waals surface area contributed by atoms with E-state index in [-0.39, 0.29) is 18.3 Å². The molecule has 1 fully saturated rings. The number of rotatable bonds is 5. The zero-order valence-electron chi connectivity index (χ0n) is 20.3. The molecule has 0 atom stereocenters. The molecular weight excluding hydrogens is 487 g/mol. The molecule has 0 amide bonds. The number of imidazole rings is 1. The monoisotopic (exact) mass is 512 g/mol. The van der Waals surface area contributed by atoms with Gasteiger partial charge >= 0.3 is 0 Å². The molecule has 0 unspecified atom stereocenters. The highest BCUT2D eigenvalue weighted by Crippen LogP contribution is 2.42. The van der Waals surface area contributed by atoms with Crippen molar-refractivity contribution in [2.75, 3.05) is 19.8 Å². The van der Waals surface area contributed by atoms with E-state index in [1.54, 1.807) is 12.1 Å². The van der Waals surface area contributed by atoms with Crippen LogP contribution in [0.2, 0.25) is 5.02 Å². The van der Waals surface area contributed by atoms with Gasteiger partial charge in [0.05, 0.1) is 24.0 Å². The van der Waals surface area contributed by atoms with E-state index in [4.69, 9.17) is 16.6 Å². The Morgan fingerprint density at radius 1 is 1.08 bits per heavy atom. The van der Waals surface area contributed by atoms with Crippen LogP contribution in [0, 0.1) is 17.2 Å². The van der Waals surface area contributed by atoms with Gasteiger partial charge in [0.2, 0.25) is 0 Å². The number of benzene rings is 2. The van der Waals surface area contributed by atoms with E-state index in [1.807, 2.05) is 41.1 Å². The Hall–Kier alpha value is -3.66. The van der Waals surface area contributed by atoms with Gasteiger partial charge in [0.1, 0.15) is 11.4 Å². The van der Waals surface area contributed by atoms with Gasteiger partial charge in [0.25, 0.3) is 0 Å². The number of fused-ring (bicyclic) bond motifs is 2. The summed E-state index contributed by atoms with van der Waals surface area (Å²) in [5.74, 6) is 0.407. The molecule has 0 spiro atoms. The fraction of sp³-hybridized carbons (Fsp3) is 0.267. The van der Waals surface area contributed by atoms with Gasteiger partial charge in [-0.15, -0.1) is 0 Å². The first-order valence-corrected chi connectivity index (χ1v) is 12.9. The van der Waals surface area contributed by atoms with E-state index in [9.17, 15) is 14.8 Å². The van der Waals surface area contributed by atoms with Crippen LogP contribution in [0.5, 0.6) is 5.75 Å². The van der Waals surface area contributed by atoms with Gasteiger partial charge in [-0.3, -0.25) is 9.29 Å². The van der Waals surface area contributed by atoms with Crippen molar-refractivity contribution in [2.24, 2.45) is 5.92 Å². The Labute approximate surface area is 220 Å². The maximum absolute atomic E-state index is 12.8. The van der Waals surface area contributed by atoms with E-state index in [2.05, 4.69) is 23.1 Å². The quantitative estimate of drug-likeness (QED) is 0.342. The van der Waals surface area contributed by atoms with Crippen molar-refractivity contribution in [3.05, 3.63) is 99.5 Å². The molecule has 1 saturated heterocycles. The average Bonchev–Trinajstić information content (AvgIpc) is 3.18. The lowest BCUT2D eigenvalue weighted by molar-refractivity contribution is 0.0727. The fourth-order valence-electron chi connectivity index (χ4n) is 5.60. The highest BCUT2D eigenvalue weighted by atomic mass is 35.5. The lowest BCUT2D eigenvalue weighted by atomic mass is 9.88. The summed E-state index contributed by atoms with van der Waals surface area (Å²) >= 11 is 6.72. The van der Waals surface area contributed by atoms with Crippen LogP contribution in [-0.4, -0.2) is 39.2 Å². The normalized spacial score (nSPS) is 16.4. The van der Waals surface area contributed by atoms with Crippen molar-refractivity contribution in [3.8, 4) is 11.8 Å². The van der Waals surface area contributed by atoms with E-state index in [1.165, 1.54) is 0 Å². The molecule has 7 heteroatoms. The number of nitrogens with zero attached hydrogens (tertiary/aromatic N) is 4. The number of pyridine rings is 1. The smallest absolute Gasteiger partial charge is 0.137 e. The molecule has 3 heterocycles. The van der Waals surface area contributed by atoms with Gasteiger partial charge in [0.15, 0.2) is 0 Å². The number of aromatic nitrogens is 2. The number of phenols is 1. The molecule has 0 radical (unpaired) electrons. The number of hydrogen-bond acceptors (Lipinski definition) is 4. The zero-order chi connectivity index (χ0) is 25.5. The SMILES string of the molecule is N#Cc1ccc(C2=C(c3ccn4cc(CN5CC(CF)C5)nc4c3)c3ccc(O)cc3CCC2)c(Cl)c1. The third-order valence-electron chi connectivity index (χ3n) is 7.39. The van der Waals surface area contributed by atoms with Gasteiger partial charge in [-0.25, -0.2) is 4.98 Å². The summed E-state index contributed by atoms with van der Waals surface area (Å²) in [6.07, 6.45) is 6.63. The van der Waals surface area contributed by atoms with Crippen LogP contribution in [0.1, 0.15) is 46.4 Å². The Morgan fingerprint density at radius 3 is 2.70 bits per heavy atom. The number of phenolic OH excluding ortho intramolecular Hbond substituents is 1. The minimum atomic E-state index is -0.259. The van der Waals surface area contributed by atoms with Gasteiger partial charge in [-0.1, -0.05) is 23.7 Å². The first kappa shape index (κ1) is 23.7. The Morgan fingerprint density at radius 2 is 1.92 bits per heavy atom. The summed E-state index contributed by atoms with van der Waals surface area (Å²) in [5.41, 5.74) is 8.63. The van der Waals surface area contributed by atoms with Gasteiger partial charge in [-0.05, 0) is 89.1 Å². The van der Waals surface area contributed by atoms with Gasteiger partial charge in [-0.2, -0.15) is 5.26 Å². The summed E-state index contributed by atoms with van der Waals surface area (Å²) in [5, 5.41) is 20.1. The Balaban J connectivity index is 1.47. The molecule has 0 bridgehead atoms. The molecule has 5 nitrogen and oxygen atoms in total. The van der Waals surface area contributed by atoms with Crippen LogP contribution < -0.4 is 0 Å². The molecule has 1 aliphatic carbocycles. The molecule has 1 N–H and O–H groups in total. The minimum absolute atomic E-state index is 0.151. The van der Waals surface area contributed by atoms with Crippen molar-refractivity contribution in [3.63, 3.8) is 0 Å². The largest absolute Gasteiger partial charge is 0.508 e. The van der Waals surface area contributed by atoms with E-state index in [0.29, 0.717) is 17.1 Å². The number of halogens is 2. The maximum atomic E-state index is 12.8. The van der Waals surface area contributed by atoms with Gasteiger partial charge < -0.3 is 9.51 Å². The summed E-state index contributed by atoms with van der Waals surface area (Å²) in [4.78, 5) is 7.09. The highest BCUT2D eigenvalue weighted by Gasteiger charge is 2.27. The van der Waals surface area contributed by atoms with Gasteiger partial charge in [0, 0.05) is 43.0 Å². The number of allylic oxidation sites excluding steroid dienone is 1. The van der Waals surface area contributed by atoms with Crippen LogP contribution >= 0.6 is 11.6 Å². The molecule has 2 aliphatic rings. The molecule has 6 rings (SSSR count). The Kier molecular flexibility index (Phi) is 6.19. The molecule has 186 valence electrons. The molecule has 2 aromatic carbocycles. The number of nitriles is 1. The summed E-state index contributed by atoms with van der Waals surface area (Å²) < 4.78 is 14.8. The maximum Gasteiger partial charge on any atom is 0.137 e. The van der Waals surface area contributed by atoms with Crippen LogP contribution in [0.4, 0.5) is 4.39 Å². The van der Waals surface area contributed by atoms with Crippen LogP contribution in [0.25, 0.3) is 16.8 Å². The standard InChI is InChI=1S/C30H26ClFN4O/c31-28-10-19(14-33)4-6-26(28)27-3-1-2-21-11-24(37)5-7-25(21)30(27)22-8-9-36-18-23(34-29(36)12-22)17-35-15-20(13-32)16-35/h4-12,18,20,37H,1-3,13,15-17H2. The fourth-order valence-corrected chi connectivity index (χ4v) is 5.90. The molecule has 2 aromatic heterocycles. The van der Waals surface area contributed by atoms with Crippen molar-refractivity contribution < 1.29 is 9.50 Å². The average molecular weight is 513 g/mol. The lowest BCUT2D eigenvalue weighted by Gasteiger charge is -2.37. The van der Waals surface area contributed by atoms with Crippen LogP contribution in [-0.2, 0) is 13.0 Å². The highest BCUT2D eigenvalue weighted by molar-refractivity contribution is 6.33. The number of aryl methyl sites for hydroxylation is 1. The predicted octanol–water partition coefficient (Wildman–Crippen LogP) is 6.26. The molecule has 4 aromatic rings. The number of hydrogen-bond donors (Lipinski definition) is 1. The summed E-state index contributed by atoms with van der Waals surface area (Å²) in [7, 11) is 0. The molecular formula is C30H26ClFN4O. The van der Waals surface area contributed by atoms with E-state index < -0.39 is 0 Å². The third kappa shape index (κ3) is 4.50. The van der Waals surface area contributed by atoms with Crippen molar-refractivity contribution in [1.82, 2.24) is 14.3 Å². The van der Waals surface area contributed by atoms with E-state index in [0.717, 1.165) is 77.1 Å². The lowest BCUT2D eigenvalue weighted by Crippen LogP contribution is -2.46.